The number of carbonyl (C=O) groups is 2. The molecule has 1 amide bonds. The number of amides is 1. The van der Waals surface area contributed by atoms with Crippen LogP contribution in [0.4, 0.5) is 0 Å². The van der Waals surface area contributed by atoms with Gasteiger partial charge in [0.25, 0.3) is 0 Å². The molecule has 0 radical (unpaired) electrons. The van der Waals surface area contributed by atoms with Crippen molar-refractivity contribution in [3.8, 4) is 0 Å². The summed E-state index contributed by atoms with van der Waals surface area (Å²) in [6.45, 7) is 2.42. The van der Waals surface area contributed by atoms with Crippen molar-refractivity contribution < 1.29 is 19.4 Å². The number of nitrogens with one attached hydrogen (secondary N) is 1. The quantitative estimate of drug-likeness (QED) is 0.857. The maximum atomic E-state index is 11.8. The fraction of sp³-hybridized carbons (Fsp3) is 0.429. The fourth-order valence-electron chi connectivity index (χ4n) is 2.14. The molecule has 1 saturated heterocycles. The predicted octanol–water partition coefficient (Wildman–Crippen LogP) is 1.24. The molecule has 2 N–H and O–H groups in total. The zero-order valence-corrected chi connectivity index (χ0v) is 10.8. The summed E-state index contributed by atoms with van der Waals surface area (Å²) in [5, 5.41) is 11.6. The van der Waals surface area contributed by atoms with E-state index in [2.05, 4.69) is 5.32 Å². The number of hydrogen-bond donors (Lipinski definition) is 2. The van der Waals surface area contributed by atoms with Gasteiger partial charge >= 0.3 is 5.97 Å². The standard InChI is InChI=1S/C14H17NO4/c1-9-3-2-4-10(7-9)8-15-13(16)11-5-6-12(19-11)14(17)18/h2-4,7,11-12H,5-6,8H2,1H3,(H,15,16)(H,17,18)/t11-,12+/m0/s1. The number of carboxylic acid groups (broad SMARTS) is 1. The zero-order chi connectivity index (χ0) is 13.8. The van der Waals surface area contributed by atoms with Crippen LogP contribution in [0.5, 0.6) is 0 Å². The van der Waals surface area contributed by atoms with E-state index in [1.54, 1.807) is 0 Å². The molecule has 0 unspecified atom stereocenters. The Hall–Kier alpha value is -1.88. The van der Waals surface area contributed by atoms with Crippen LogP contribution in [0.25, 0.3) is 0 Å². The third kappa shape index (κ3) is 3.54. The van der Waals surface area contributed by atoms with Gasteiger partial charge in [-0.2, -0.15) is 0 Å². The van der Waals surface area contributed by atoms with Crippen molar-refractivity contribution in [3.05, 3.63) is 35.4 Å². The number of carbonyl (C=O) groups excluding carboxylic acids is 1. The van der Waals surface area contributed by atoms with Gasteiger partial charge in [0.1, 0.15) is 6.10 Å². The van der Waals surface area contributed by atoms with Gasteiger partial charge in [-0.3, -0.25) is 4.79 Å². The average molecular weight is 263 g/mol. The van der Waals surface area contributed by atoms with Crippen LogP contribution in [-0.2, 0) is 20.9 Å². The van der Waals surface area contributed by atoms with Crippen LogP contribution in [0, 0.1) is 6.92 Å². The fourth-order valence-corrected chi connectivity index (χ4v) is 2.14. The van der Waals surface area contributed by atoms with E-state index in [-0.39, 0.29) is 5.91 Å². The van der Waals surface area contributed by atoms with E-state index in [1.807, 2.05) is 31.2 Å². The first-order chi connectivity index (χ1) is 9.06. The second kappa shape index (κ2) is 5.84. The third-order valence-corrected chi connectivity index (χ3v) is 3.14. The lowest BCUT2D eigenvalue weighted by molar-refractivity contribution is -0.151. The molecule has 1 fully saturated rings. The van der Waals surface area contributed by atoms with Crippen LogP contribution in [0.3, 0.4) is 0 Å². The smallest absolute Gasteiger partial charge is 0.332 e. The minimum Gasteiger partial charge on any atom is -0.479 e. The molecular weight excluding hydrogens is 246 g/mol. The van der Waals surface area contributed by atoms with Crippen LogP contribution in [0.1, 0.15) is 24.0 Å². The molecule has 1 aromatic rings. The molecule has 5 nitrogen and oxygen atoms in total. The van der Waals surface area contributed by atoms with Crippen LogP contribution < -0.4 is 5.32 Å². The largest absolute Gasteiger partial charge is 0.479 e. The van der Waals surface area contributed by atoms with Crippen molar-refractivity contribution in [2.24, 2.45) is 0 Å². The molecule has 19 heavy (non-hydrogen) atoms. The summed E-state index contributed by atoms with van der Waals surface area (Å²) in [5.74, 6) is -1.25. The van der Waals surface area contributed by atoms with Crippen LogP contribution in [0.15, 0.2) is 24.3 Å². The van der Waals surface area contributed by atoms with E-state index in [4.69, 9.17) is 9.84 Å². The highest BCUT2D eigenvalue weighted by Gasteiger charge is 2.34. The highest BCUT2D eigenvalue weighted by Crippen LogP contribution is 2.20. The number of aryl methyl sites for hydroxylation is 1. The van der Waals surface area contributed by atoms with Crippen molar-refractivity contribution in [2.45, 2.75) is 38.5 Å². The normalized spacial score (nSPS) is 22.2. The van der Waals surface area contributed by atoms with Gasteiger partial charge in [0.05, 0.1) is 0 Å². The summed E-state index contributed by atoms with van der Waals surface area (Å²) in [6, 6.07) is 7.85. The van der Waals surface area contributed by atoms with E-state index < -0.39 is 18.2 Å². The predicted molar refractivity (Wildman–Crippen MR) is 68.6 cm³/mol. The van der Waals surface area contributed by atoms with E-state index >= 15 is 0 Å². The highest BCUT2D eigenvalue weighted by molar-refractivity contribution is 5.82. The van der Waals surface area contributed by atoms with Gasteiger partial charge in [0, 0.05) is 6.54 Å². The topological polar surface area (TPSA) is 75.6 Å². The Balaban J connectivity index is 1.84. The van der Waals surface area contributed by atoms with Gasteiger partial charge < -0.3 is 15.2 Å². The van der Waals surface area contributed by atoms with Gasteiger partial charge in [0.15, 0.2) is 6.10 Å². The Morgan fingerprint density at radius 1 is 1.37 bits per heavy atom. The first-order valence-electron chi connectivity index (χ1n) is 6.28. The molecule has 5 heteroatoms. The van der Waals surface area contributed by atoms with Crippen LogP contribution in [0.2, 0.25) is 0 Å². The molecule has 2 rings (SSSR count). The molecule has 1 aliphatic heterocycles. The van der Waals surface area contributed by atoms with Crippen LogP contribution >= 0.6 is 0 Å². The van der Waals surface area contributed by atoms with Gasteiger partial charge in [-0.25, -0.2) is 4.79 Å². The SMILES string of the molecule is Cc1cccc(CNC(=O)[C@@H]2CC[C@H](C(=O)O)O2)c1. The molecule has 0 saturated carbocycles. The molecule has 0 aromatic heterocycles. The third-order valence-electron chi connectivity index (χ3n) is 3.14. The molecule has 1 aromatic carbocycles. The first kappa shape index (κ1) is 13.5. The van der Waals surface area contributed by atoms with Crippen LogP contribution in [-0.4, -0.2) is 29.2 Å². The summed E-state index contributed by atoms with van der Waals surface area (Å²) in [7, 11) is 0. The van der Waals surface area contributed by atoms with Gasteiger partial charge in [-0.1, -0.05) is 29.8 Å². The van der Waals surface area contributed by atoms with Gasteiger partial charge in [-0.05, 0) is 25.3 Å². The number of ether oxygens (including phenoxy) is 1. The molecule has 0 aliphatic carbocycles. The molecular formula is C14H17NO4. The number of aliphatic carboxylic acids is 1. The van der Waals surface area contributed by atoms with Gasteiger partial charge in [0.2, 0.25) is 5.91 Å². The number of hydrogen-bond acceptors (Lipinski definition) is 3. The minimum absolute atomic E-state index is 0.245. The Morgan fingerprint density at radius 2 is 2.11 bits per heavy atom. The van der Waals surface area contributed by atoms with E-state index in [0.717, 1.165) is 11.1 Å². The minimum atomic E-state index is -1.01. The van der Waals surface area contributed by atoms with Crippen molar-refractivity contribution in [3.63, 3.8) is 0 Å². The summed E-state index contributed by atoms with van der Waals surface area (Å²) < 4.78 is 5.19. The van der Waals surface area contributed by atoms with E-state index in [1.165, 1.54) is 0 Å². The lowest BCUT2D eigenvalue weighted by atomic mass is 10.1. The Kier molecular flexibility index (Phi) is 4.16. The molecule has 1 heterocycles. The Morgan fingerprint density at radius 3 is 2.74 bits per heavy atom. The number of rotatable bonds is 4. The average Bonchev–Trinajstić information content (AvgIpc) is 2.86. The Bertz CT molecular complexity index is 486. The second-order valence-electron chi connectivity index (χ2n) is 4.74. The van der Waals surface area contributed by atoms with E-state index in [0.29, 0.717) is 19.4 Å². The van der Waals surface area contributed by atoms with Crippen molar-refractivity contribution in [2.75, 3.05) is 0 Å². The van der Waals surface area contributed by atoms with Crippen molar-refractivity contribution in [1.82, 2.24) is 5.32 Å². The zero-order valence-electron chi connectivity index (χ0n) is 10.8. The Labute approximate surface area is 111 Å². The molecule has 0 bridgehead atoms. The highest BCUT2D eigenvalue weighted by atomic mass is 16.5. The van der Waals surface area contributed by atoms with Crippen molar-refractivity contribution in [1.29, 1.82) is 0 Å². The summed E-state index contributed by atoms with van der Waals surface area (Å²) in [5.41, 5.74) is 2.15. The number of carboxylic acids is 1. The molecule has 102 valence electrons. The van der Waals surface area contributed by atoms with Crippen molar-refractivity contribution >= 4 is 11.9 Å². The number of benzene rings is 1. The summed E-state index contributed by atoms with van der Waals surface area (Å²) in [6.07, 6.45) is -0.658. The monoisotopic (exact) mass is 263 g/mol. The molecule has 0 spiro atoms. The first-order valence-corrected chi connectivity index (χ1v) is 6.28. The maximum Gasteiger partial charge on any atom is 0.332 e. The summed E-state index contributed by atoms with van der Waals surface area (Å²) in [4.78, 5) is 22.6. The lowest BCUT2D eigenvalue weighted by Crippen LogP contribution is -2.35. The summed E-state index contributed by atoms with van der Waals surface area (Å²) >= 11 is 0. The maximum absolute atomic E-state index is 11.8. The second-order valence-corrected chi connectivity index (χ2v) is 4.74. The lowest BCUT2D eigenvalue weighted by Gasteiger charge is -2.12. The molecule has 1 aliphatic rings. The molecule has 2 atom stereocenters. The van der Waals surface area contributed by atoms with E-state index in [9.17, 15) is 9.59 Å². The van der Waals surface area contributed by atoms with Gasteiger partial charge in [-0.15, -0.1) is 0 Å².